The third-order valence-corrected chi connectivity index (χ3v) is 2.84. The van der Waals surface area contributed by atoms with E-state index in [-0.39, 0.29) is 17.8 Å². The summed E-state index contributed by atoms with van der Waals surface area (Å²) in [7, 11) is 1.17. The summed E-state index contributed by atoms with van der Waals surface area (Å²) in [4.78, 5) is 22.2. The second-order valence-electron chi connectivity index (χ2n) is 4.55. The molecule has 11 heteroatoms. The molecule has 0 heterocycles. The van der Waals surface area contributed by atoms with Crippen LogP contribution in [0.1, 0.15) is 10.4 Å². The summed E-state index contributed by atoms with van der Waals surface area (Å²) in [6.07, 6.45) is -5.96. The van der Waals surface area contributed by atoms with Gasteiger partial charge in [-0.15, -0.1) is 0 Å². The Hall–Kier alpha value is -2.59. The van der Waals surface area contributed by atoms with E-state index in [4.69, 9.17) is 5.73 Å². The topological polar surface area (TPSA) is 93.5 Å². The normalized spacial score (nSPS) is 11.8. The van der Waals surface area contributed by atoms with E-state index < -0.39 is 30.5 Å². The number of carbonyl (C=O) groups excluding carboxylic acids is 2. The van der Waals surface area contributed by atoms with Crippen LogP contribution in [0.2, 0.25) is 0 Å². The zero-order valence-corrected chi connectivity index (χ0v) is 12.3. The van der Waals surface area contributed by atoms with Gasteiger partial charge in [0.25, 0.3) is 5.91 Å². The predicted octanol–water partition coefficient (Wildman–Crippen LogP) is 1.78. The lowest BCUT2D eigenvalue weighted by Gasteiger charge is -2.18. The predicted molar refractivity (Wildman–Crippen MR) is 74.7 cm³/mol. The fraction of sp³-hybridized carbons (Fsp3) is 0.385. The number of hydrogen-bond acceptors (Lipinski definition) is 5. The minimum absolute atomic E-state index is 0.0829. The molecule has 1 aromatic carbocycles. The standard InChI is InChI=1S/C13H14F5N3O3/c1-24-10(22)8-3-2-7(6-9(8)19)20-4-5-21-11(23)12(14,15)13(16,17)18/h2-3,6,20H,4-5,19H2,1H3,(H,21,23). The average molecular weight is 355 g/mol. The lowest BCUT2D eigenvalue weighted by molar-refractivity contribution is -0.269. The quantitative estimate of drug-likeness (QED) is 0.313. The van der Waals surface area contributed by atoms with Gasteiger partial charge in [0.2, 0.25) is 0 Å². The van der Waals surface area contributed by atoms with Crippen LogP contribution in [-0.4, -0.2) is 44.2 Å². The zero-order chi connectivity index (χ0) is 18.5. The Kier molecular flexibility index (Phi) is 5.93. The van der Waals surface area contributed by atoms with Crippen LogP contribution in [0.3, 0.4) is 0 Å². The van der Waals surface area contributed by atoms with E-state index >= 15 is 0 Å². The Labute approximate surface area is 133 Å². The first-order chi connectivity index (χ1) is 11.0. The number of anilines is 2. The van der Waals surface area contributed by atoms with E-state index in [0.29, 0.717) is 5.69 Å². The van der Waals surface area contributed by atoms with E-state index in [0.717, 1.165) is 0 Å². The number of nitrogens with one attached hydrogen (secondary N) is 2. The number of nitrogen functional groups attached to an aromatic ring is 1. The largest absolute Gasteiger partial charge is 0.465 e. The zero-order valence-electron chi connectivity index (χ0n) is 12.3. The minimum Gasteiger partial charge on any atom is -0.465 e. The molecule has 134 valence electrons. The average Bonchev–Trinajstić information content (AvgIpc) is 2.49. The molecule has 24 heavy (non-hydrogen) atoms. The SMILES string of the molecule is COC(=O)c1ccc(NCCNC(=O)C(F)(F)C(F)(F)F)cc1N. The third kappa shape index (κ3) is 4.46. The summed E-state index contributed by atoms with van der Waals surface area (Å²) in [6.45, 7) is -0.625. The highest BCUT2D eigenvalue weighted by atomic mass is 19.4. The summed E-state index contributed by atoms with van der Waals surface area (Å²) in [6, 6.07) is 4.12. The summed E-state index contributed by atoms with van der Waals surface area (Å²) in [5.74, 6) is -8.54. The van der Waals surface area contributed by atoms with Crippen molar-refractivity contribution in [1.29, 1.82) is 0 Å². The van der Waals surface area contributed by atoms with Gasteiger partial charge in [-0.05, 0) is 18.2 Å². The highest BCUT2D eigenvalue weighted by Gasteiger charge is 2.63. The number of esters is 1. The molecule has 4 N–H and O–H groups in total. The Balaban J connectivity index is 2.53. The molecule has 0 aliphatic carbocycles. The fourth-order valence-corrected chi connectivity index (χ4v) is 1.59. The molecule has 0 aliphatic rings. The van der Waals surface area contributed by atoms with Gasteiger partial charge >= 0.3 is 18.1 Å². The van der Waals surface area contributed by atoms with Gasteiger partial charge in [0.15, 0.2) is 0 Å². The third-order valence-electron chi connectivity index (χ3n) is 2.84. The molecule has 0 unspecified atom stereocenters. The summed E-state index contributed by atoms with van der Waals surface area (Å²) >= 11 is 0. The van der Waals surface area contributed by atoms with Crippen molar-refractivity contribution >= 4 is 23.3 Å². The number of ether oxygens (including phenoxy) is 1. The maximum atomic E-state index is 12.7. The van der Waals surface area contributed by atoms with Crippen LogP contribution in [0.4, 0.5) is 33.3 Å². The summed E-state index contributed by atoms with van der Waals surface area (Å²) in [5, 5.41) is 4.12. The van der Waals surface area contributed by atoms with Crippen LogP contribution in [0.25, 0.3) is 0 Å². The number of halogens is 5. The maximum absolute atomic E-state index is 12.7. The van der Waals surface area contributed by atoms with Crippen LogP contribution in [-0.2, 0) is 9.53 Å². The van der Waals surface area contributed by atoms with Crippen molar-refractivity contribution in [2.45, 2.75) is 12.1 Å². The fourth-order valence-electron chi connectivity index (χ4n) is 1.59. The molecule has 0 aliphatic heterocycles. The molecule has 0 bridgehead atoms. The molecule has 0 aromatic heterocycles. The van der Waals surface area contributed by atoms with Gasteiger partial charge in [0.05, 0.1) is 12.7 Å². The number of hydrogen-bond donors (Lipinski definition) is 3. The number of nitrogens with two attached hydrogens (primary N) is 1. The van der Waals surface area contributed by atoms with Gasteiger partial charge < -0.3 is 21.1 Å². The van der Waals surface area contributed by atoms with Crippen LogP contribution < -0.4 is 16.4 Å². The first-order valence-corrected chi connectivity index (χ1v) is 6.45. The Morgan fingerprint density at radius 1 is 1.17 bits per heavy atom. The van der Waals surface area contributed by atoms with E-state index in [1.165, 1.54) is 30.6 Å². The maximum Gasteiger partial charge on any atom is 0.463 e. The van der Waals surface area contributed by atoms with Crippen molar-refractivity contribution in [2.24, 2.45) is 0 Å². The van der Waals surface area contributed by atoms with Crippen LogP contribution in [0, 0.1) is 0 Å². The first-order valence-electron chi connectivity index (χ1n) is 6.45. The number of rotatable bonds is 6. The van der Waals surface area contributed by atoms with E-state index in [1.54, 1.807) is 0 Å². The van der Waals surface area contributed by atoms with E-state index in [9.17, 15) is 31.5 Å². The summed E-state index contributed by atoms with van der Waals surface area (Å²) < 4.78 is 65.7. The van der Waals surface area contributed by atoms with E-state index in [1.807, 2.05) is 0 Å². The molecule has 0 saturated carbocycles. The Morgan fingerprint density at radius 3 is 2.29 bits per heavy atom. The van der Waals surface area contributed by atoms with Gasteiger partial charge in [0.1, 0.15) is 0 Å². The van der Waals surface area contributed by atoms with Gasteiger partial charge in [-0.2, -0.15) is 22.0 Å². The molecule has 0 spiro atoms. The molecule has 1 amide bonds. The number of amides is 1. The highest BCUT2D eigenvalue weighted by Crippen LogP contribution is 2.35. The summed E-state index contributed by atoms with van der Waals surface area (Å²) in [5.41, 5.74) is 6.19. The minimum atomic E-state index is -5.96. The van der Waals surface area contributed by atoms with Crippen LogP contribution in [0.15, 0.2) is 18.2 Å². The smallest absolute Gasteiger partial charge is 0.463 e. The molecular formula is C13H14F5N3O3. The van der Waals surface area contributed by atoms with Gasteiger partial charge in [0, 0.05) is 24.5 Å². The molecular weight excluding hydrogens is 341 g/mol. The molecule has 0 saturated heterocycles. The molecule has 0 radical (unpaired) electrons. The molecule has 0 fully saturated rings. The van der Waals surface area contributed by atoms with Gasteiger partial charge in [-0.25, -0.2) is 4.79 Å². The van der Waals surface area contributed by atoms with Crippen molar-refractivity contribution in [3.05, 3.63) is 23.8 Å². The second kappa shape index (κ2) is 7.32. The second-order valence-corrected chi connectivity index (χ2v) is 4.55. The highest BCUT2D eigenvalue weighted by molar-refractivity contribution is 5.95. The number of alkyl halides is 5. The van der Waals surface area contributed by atoms with Crippen molar-refractivity contribution in [3.63, 3.8) is 0 Å². The molecule has 1 rings (SSSR count). The number of carbonyl (C=O) groups is 2. The van der Waals surface area contributed by atoms with Gasteiger partial charge in [-0.1, -0.05) is 0 Å². The lowest BCUT2D eigenvalue weighted by Crippen LogP contribution is -2.51. The van der Waals surface area contributed by atoms with Crippen LogP contribution in [0.5, 0.6) is 0 Å². The molecule has 6 nitrogen and oxygen atoms in total. The number of methoxy groups -OCH3 is 1. The van der Waals surface area contributed by atoms with Crippen molar-refractivity contribution in [2.75, 3.05) is 31.2 Å². The monoisotopic (exact) mass is 355 g/mol. The molecule has 0 atom stereocenters. The van der Waals surface area contributed by atoms with Crippen LogP contribution >= 0.6 is 0 Å². The number of benzene rings is 1. The van der Waals surface area contributed by atoms with E-state index in [2.05, 4.69) is 10.1 Å². The van der Waals surface area contributed by atoms with Crippen molar-refractivity contribution in [1.82, 2.24) is 5.32 Å². The first kappa shape index (κ1) is 19.5. The molecule has 1 aromatic rings. The Bertz CT molecular complexity index is 619. The lowest BCUT2D eigenvalue weighted by atomic mass is 10.1. The van der Waals surface area contributed by atoms with Crippen molar-refractivity contribution in [3.8, 4) is 0 Å². The van der Waals surface area contributed by atoms with Gasteiger partial charge in [-0.3, -0.25) is 4.79 Å². The van der Waals surface area contributed by atoms with Crippen molar-refractivity contribution < 1.29 is 36.3 Å². The Morgan fingerprint density at radius 2 is 1.79 bits per heavy atom.